The summed E-state index contributed by atoms with van der Waals surface area (Å²) in [5.74, 6) is 0.389. The van der Waals surface area contributed by atoms with Crippen LogP contribution in [0.25, 0.3) is 10.9 Å². The van der Waals surface area contributed by atoms with Gasteiger partial charge in [0.2, 0.25) is 5.43 Å². The van der Waals surface area contributed by atoms with Gasteiger partial charge in [-0.1, -0.05) is 0 Å². The van der Waals surface area contributed by atoms with Gasteiger partial charge in [-0.15, -0.1) is 0 Å². The van der Waals surface area contributed by atoms with Crippen molar-refractivity contribution in [3.8, 4) is 5.75 Å². The molecular formula is C19H22N2O4. The number of aromatic amines is 1. The normalized spacial score (nSPS) is 19.5. The first kappa shape index (κ1) is 16.1. The maximum absolute atomic E-state index is 12.9. The molecule has 2 aliphatic rings. The summed E-state index contributed by atoms with van der Waals surface area (Å²) in [6, 6.07) is 5.24. The first-order chi connectivity index (χ1) is 12.1. The SMILES string of the molecule is COc1ccc2[nH]cc(C(=O)N3CCC4(CCCO4)CC3)c(=O)c2c1. The van der Waals surface area contributed by atoms with Gasteiger partial charge in [-0.3, -0.25) is 9.59 Å². The Balaban J connectivity index is 1.60. The smallest absolute Gasteiger partial charge is 0.259 e. The number of aromatic nitrogens is 1. The van der Waals surface area contributed by atoms with Crippen molar-refractivity contribution in [2.24, 2.45) is 0 Å². The van der Waals surface area contributed by atoms with E-state index in [1.165, 1.54) is 6.20 Å². The molecule has 1 spiro atoms. The summed E-state index contributed by atoms with van der Waals surface area (Å²) >= 11 is 0. The topological polar surface area (TPSA) is 71.6 Å². The first-order valence-electron chi connectivity index (χ1n) is 8.75. The van der Waals surface area contributed by atoms with E-state index in [9.17, 15) is 9.59 Å². The van der Waals surface area contributed by atoms with Crippen molar-refractivity contribution in [1.29, 1.82) is 0 Å². The fourth-order valence-corrected chi connectivity index (χ4v) is 3.92. The van der Waals surface area contributed by atoms with E-state index in [2.05, 4.69) is 4.98 Å². The third-order valence-corrected chi connectivity index (χ3v) is 5.47. The number of carbonyl (C=O) groups excluding carboxylic acids is 1. The van der Waals surface area contributed by atoms with Crippen LogP contribution in [0, 0.1) is 0 Å². The molecule has 2 aliphatic heterocycles. The van der Waals surface area contributed by atoms with Crippen molar-refractivity contribution in [2.45, 2.75) is 31.3 Å². The second-order valence-electron chi connectivity index (χ2n) is 6.87. The number of fused-ring (bicyclic) bond motifs is 1. The van der Waals surface area contributed by atoms with Gasteiger partial charge in [0.05, 0.1) is 12.7 Å². The van der Waals surface area contributed by atoms with Crippen LogP contribution in [0.15, 0.2) is 29.2 Å². The number of benzene rings is 1. The Morgan fingerprint density at radius 3 is 2.76 bits per heavy atom. The molecule has 25 heavy (non-hydrogen) atoms. The Morgan fingerprint density at radius 1 is 1.28 bits per heavy atom. The maximum Gasteiger partial charge on any atom is 0.259 e. The summed E-state index contributed by atoms with van der Waals surface area (Å²) < 4.78 is 11.1. The highest BCUT2D eigenvalue weighted by Gasteiger charge is 2.39. The molecule has 0 saturated carbocycles. The summed E-state index contributed by atoms with van der Waals surface area (Å²) in [5.41, 5.74) is 0.582. The molecule has 1 N–H and O–H groups in total. The molecule has 1 aromatic heterocycles. The predicted octanol–water partition coefficient (Wildman–Crippen LogP) is 2.32. The number of amides is 1. The maximum atomic E-state index is 12.9. The van der Waals surface area contributed by atoms with E-state index in [0.717, 1.165) is 32.3 Å². The number of nitrogens with one attached hydrogen (secondary N) is 1. The first-order valence-corrected chi connectivity index (χ1v) is 8.75. The van der Waals surface area contributed by atoms with Crippen LogP contribution in [0.1, 0.15) is 36.0 Å². The molecule has 6 heteroatoms. The van der Waals surface area contributed by atoms with E-state index in [1.807, 2.05) is 0 Å². The Labute approximate surface area is 145 Å². The highest BCUT2D eigenvalue weighted by Crippen LogP contribution is 2.35. The quantitative estimate of drug-likeness (QED) is 0.909. The van der Waals surface area contributed by atoms with Gasteiger partial charge < -0.3 is 19.4 Å². The van der Waals surface area contributed by atoms with Gasteiger partial charge in [0, 0.05) is 36.8 Å². The van der Waals surface area contributed by atoms with Gasteiger partial charge in [-0.05, 0) is 43.9 Å². The highest BCUT2D eigenvalue weighted by atomic mass is 16.5. The Hall–Kier alpha value is -2.34. The third kappa shape index (κ3) is 2.80. The molecule has 3 heterocycles. The van der Waals surface area contributed by atoms with Crippen LogP contribution < -0.4 is 10.2 Å². The average Bonchev–Trinajstić information content (AvgIpc) is 3.10. The van der Waals surface area contributed by atoms with E-state index in [-0.39, 0.29) is 22.5 Å². The summed E-state index contributed by atoms with van der Waals surface area (Å²) in [4.78, 5) is 30.5. The van der Waals surface area contributed by atoms with Crippen LogP contribution in [0.3, 0.4) is 0 Å². The van der Waals surface area contributed by atoms with E-state index < -0.39 is 0 Å². The fourth-order valence-electron chi connectivity index (χ4n) is 3.92. The molecule has 0 aliphatic carbocycles. The lowest BCUT2D eigenvalue weighted by atomic mass is 9.88. The molecule has 2 saturated heterocycles. The monoisotopic (exact) mass is 342 g/mol. The second-order valence-corrected chi connectivity index (χ2v) is 6.87. The van der Waals surface area contributed by atoms with Crippen LogP contribution in [0.4, 0.5) is 0 Å². The number of likely N-dealkylation sites (tertiary alicyclic amines) is 1. The molecule has 0 radical (unpaired) electrons. The summed E-state index contributed by atoms with van der Waals surface area (Å²) in [5, 5.41) is 0.470. The number of hydrogen-bond donors (Lipinski definition) is 1. The number of rotatable bonds is 2. The van der Waals surface area contributed by atoms with Crippen molar-refractivity contribution in [2.75, 3.05) is 26.8 Å². The number of piperidine rings is 1. The average molecular weight is 342 g/mol. The summed E-state index contributed by atoms with van der Waals surface area (Å²) in [7, 11) is 1.55. The second kappa shape index (κ2) is 6.19. The van der Waals surface area contributed by atoms with Crippen molar-refractivity contribution in [3.63, 3.8) is 0 Å². The van der Waals surface area contributed by atoms with Crippen LogP contribution in [-0.4, -0.2) is 48.2 Å². The van der Waals surface area contributed by atoms with Crippen molar-refractivity contribution >= 4 is 16.8 Å². The fraction of sp³-hybridized carbons (Fsp3) is 0.474. The lowest BCUT2D eigenvalue weighted by Crippen LogP contribution is -2.47. The van der Waals surface area contributed by atoms with E-state index in [0.29, 0.717) is 29.7 Å². The molecule has 1 aromatic carbocycles. The van der Waals surface area contributed by atoms with Crippen LogP contribution in [-0.2, 0) is 4.74 Å². The predicted molar refractivity (Wildman–Crippen MR) is 94.2 cm³/mol. The molecule has 1 amide bonds. The zero-order valence-electron chi connectivity index (χ0n) is 14.3. The Kier molecular flexibility index (Phi) is 4.00. The molecular weight excluding hydrogens is 320 g/mol. The summed E-state index contributed by atoms with van der Waals surface area (Å²) in [6.07, 6.45) is 5.39. The van der Waals surface area contributed by atoms with Crippen LogP contribution in [0.5, 0.6) is 5.75 Å². The Morgan fingerprint density at radius 2 is 2.08 bits per heavy atom. The standard InChI is InChI=1S/C19H22N2O4/c1-24-13-3-4-16-14(11-13)17(22)15(12-20-16)18(23)21-8-6-19(7-9-21)5-2-10-25-19/h3-4,11-12H,2,5-10H2,1H3,(H,20,22). The van der Waals surface area contributed by atoms with Gasteiger partial charge in [0.1, 0.15) is 11.3 Å². The largest absolute Gasteiger partial charge is 0.497 e. The minimum Gasteiger partial charge on any atom is -0.497 e. The van der Waals surface area contributed by atoms with Gasteiger partial charge >= 0.3 is 0 Å². The number of H-pyrrole nitrogens is 1. The number of nitrogens with zero attached hydrogens (tertiary/aromatic N) is 1. The molecule has 6 nitrogen and oxygen atoms in total. The van der Waals surface area contributed by atoms with E-state index >= 15 is 0 Å². The van der Waals surface area contributed by atoms with Gasteiger partial charge in [0.25, 0.3) is 5.91 Å². The number of pyridine rings is 1. The number of methoxy groups -OCH3 is 1. The van der Waals surface area contributed by atoms with Gasteiger partial charge in [-0.2, -0.15) is 0 Å². The molecule has 2 aromatic rings. The Bertz CT molecular complexity index is 857. The summed E-state index contributed by atoms with van der Waals surface area (Å²) in [6.45, 7) is 2.09. The number of carbonyl (C=O) groups is 1. The lowest BCUT2D eigenvalue weighted by molar-refractivity contribution is -0.0387. The van der Waals surface area contributed by atoms with E-state index in [4.69, 9.17) is 9.47 Å². The van der Waals surface area contributed by atoms with Crippen LogP contribution in [0.2, 0.25) is 0 Å². The minimum absolute atomic E-state index is 0.0417. The highest BCUT2D eigenvalue weighted by molar-refractivity contribution is 5.97. The van der Waals surface area contributed by atoms with Crippen molar-refractivity contribution in [3.05, 3.63) is 40.2 Å². The molecule has 0 unspecified atom stereocenters. The number of ether oxygens (including phenoxy) is 2. The number of hydrogen-bond acceptors (Lipinski definition) is 4. The minimum atomic E-state index is -0.255. The third-order valence-electron chi connectivity index (χ3n) is 5.47. The molecule has 0 atom stereocenters. The van der Waals surface area contributed by atoms with Crippen LogP contribution >= 0.6 is 0 Å². The van der Waals surface area contributed by atoms with Crippen molar-refractivity contribution in [1.82, 2.24) is 9.88 Å². The molecule has 4 rings (SSSR count). The molecule has 2 fully saturated rings. The van der Waals surface area contributed by atoms with E-state index in [1.54, 1.807) is 30.2 Å². The zero-order valence-corrected chi connectivity index (χ0v) is 14.3. The van der Waals surface area contributed by atoms with Gasteiger partial charge in [-0.25, -0.2) is 0 Å². The molecule has 132 valence electrons. The van der Waals surface area contributed by atoms with Gasteiger partial charge in [0.15, 0.2) is 0 Å². The molecule has 0 bridgehead atoms. The zero-order chi connectivity index (χ0) is 17.4. The lowest BCUT2D eigenvalue weighted by Gasteiger charge is -2.38. The van der Waals surface area contributed by atoms with Crippen molar-refractivity contribution < 1.29 is 14.3 Å².